The number of rotatable bonds is 10. The second-order valence-corrected chi connectivity index (χ2v) is 13.1. The monoisotopic (exact) mass is 592 g/mol. The highest BCUT2D eigenvalue weighted by atomic mass is 16.2. The zero-order valence-corrected chi connectivity index (χ0v) is 28.1. The van der Waals surface area contributed by atoms with E-state index in [-0.39, 0.29) is 46.8 Å². The lowest BCUT2D eigenvalue weighted by Gasteiger charge is -2.31. The summed E-state index contributed by atoms with van der Waals surface area (Å²) in [6, 6.07) is 0. The normalized spacial score (nSPS) is 21.2. The zero-order chi connectivity index (χ0) is 33.2. The Morgan fingerprint density at radius 3 is 1.14 bits per heavy atom. The minimum Gasteiger partial charge on any atom is -0.290 e. The van der Waals surface area contributed by atoms with E-state index >= 15 is 0 Å². The predicted octanol–water partition coefficient (Wildman–Crippen LogP) is 9.32. The van der Waals surface area contributed by atoms with Crippen LogP contribution < -0.4 is 0 Å². The molecule has 0 amide bonds. The Balaban J connectivity index is 1.96. The van der Waals surface area contributed by atoms with E-state index in [0.29, 0.717) is 11.1 Å². The molecule has 0 bridgehead atoms. The van der Waals surface area contributed by atoms with Gasteiger partial charge in [0.2, 0.25) is 23.1 Å². The summed E-state index contributed by atoms with van der Waals surface area (Å²) in [5.74, 6) is -1.36. The van der Waals surface area contributed by atoms with Gasteiger partial charge in [0.25, 0.3) is 0 Å². The smallest absolute Gasteiger partial charge is 0.224 e. The fourth-order valence-corrected chi connectivity index (χ4v) is 5.30. The van der Waals surface area contributed by atoms with Crippen LogP contribution in [0.25, 0.3) is 0 Å². The molecule has 44 heavy (non-hydrogen) atoms. The molecule has 0 aromatic heterocycles. The lowest BCUT2D eigenvalue weighted by Crippen LogP contribution is -2.32. The summed E-state index contributed by atoms with van der Waals surface area (Å²) in [5, 5.41) is 0. The molecular formula is C40H48O4. The number of ketones is 4. The van der Waals surface area contributed by atoms with Gasteiger partial charge in [-0.3, -0.25) is 19.2 Å². The van der Waals surface area contributed by atoms with Crippen LogP contribution in [0.15, 0.2) is 130 Å². The molecular weight excluding hydrogens is 544 g/mol. The topological polar surface area (TPSA) is 68.3 Å². The molecule has 2 rings (SSSR count). The summed E-state index contributed by atoms with van der Waals surface area (Å²) < 4.78 is 0. The van der Waals surface area contributed by atoms with Crippen molar-refractivity contribution in [2.24, 2.45) is 10.8 Å². The van der Waals surface area contributed by atoms with E-state index in [2.05, 4.69) is 0 Å². The van der Waals surface area contributed by atoms with Crippen LogP contribution in [0.5, 0.6) is 0 Å². The number of hydrogen-bond acceptors (Lipinski definition) is 4. The predicted molar refractivity (Wildman–Crippen MR) is 183 cm³/mol. The Kier molecular flexibility index (Phi) is 12.7. The minimum atomic E-state index is -0.371. The molecule has 0 atom stereocenters. The van der Waals surface area contributed by atoms with Gasteiger partial charge in [0.1, 0.15) is 0 Å². The Labute approximate surface area is 264 Å². The molecule has 0 spiro atoms. The molecule has 0 unspecified atom stereocenters. The van der Waals surface area contributed by atoms with Gasteiger partial charge < -0.3 is 0 Å². The first-order valence-corrected chi connectivity index (χ1v) is 15.1. The fourth-order valence-electron chi connectivity index (χ4n) is 5.30. The summed E-state index contributed by atoms with van der Waals surface area (Å²) >= 11 is 0. The molecule has 2 aliphatic rings. The quantitative estimate of drug-likeness (QED) is 0.187. The number of Topliss-reactive ketones (excluding diaryl/α,β-unsaturated/α-hetero) is 4. The van der Waals surface area contributed by atoms with Gasteiger partial charge in [0, 0.05) is 24.0 Å². The zero-order valence-electron chi connectivity index (χ0n) is 28.1. The molecule has 0 aromatic carbocycles. The van der Waals surface area contributed by atoms with Crippen molar-refractivity contribution in [1.29, 1.82) is 0 Å². The first-order valence-electron chi connectivity index (χ1n) is 15.1. The van der Waals surface area contributed by atoms with Crippen molar-refractivity contribution >= 4 is 23.1 Å². The standard InChI is InChI=1S/C40H48O4/c1-27(17-13-19-29(3)21-23-33-31(5)37(43)35(41)25-39(33,7)8)15-11-12-16-28(2)18-14-20-30(4)22-24-34-32(6)38(44)36(42)26-40(34,9)10/h11-24H,25-26H2,1-10H3/b12-11+,17-13+,18-14+,23-21+,24-22+,27-15+,28-16+,29-19+,30-20+. The van der Waals surface area contributed by atoms with Crippen LogP contribution in [0.4, 0.5) is 0 Å². The Bertz CT molecular complexity index is 1430. The second kappa shape index (κ2) is 15.5. The van der Waals surface area contributed by atoms with Crippen molar-refractivity contribution in [1.82, 2.24) is 0 Å². The van der Waals surface area contributed by atoms with Crippen LogP contribution in [-0.2, 0) is 19.2 Å². The van der Waals surface area contributed by atoms with E-state index in [9.17, 15) is 19.2 Å². The van der Waals surface area contributed by atoms with Crippen molar-refractivity contribution in [3.8, 4) is 0 Å². The van der Waals surface area contributed by atoms with Gasteiger partial charge >= 0.3 is 0 Å². The Hall–Kier alpha value is -4.18. The van der Waals surface area contributed by atoms with Gasteiger partial charge in [-0.15, -0.1) is 0 Å². The first-order chi connectivity index (χ1) is 20.5. The van der Waals surface area contributed by atoms with Crippen LogP contribution in [-0.4, -0.2) is 23.1 Å². The summed E-state index contributed by atoms with van der Waals surface area (Å²) in [6.45, 7) is 19.6. The summed E-state index contributed by atoms with van der Waals surface area (Å²) in [7, 11) is 0. The number of hydrogen-bond donors (Lipinski definition) is 0. The number of allylic oxidation sites excluding steroid dienone is 22. The Morgan fingerprint density at radius 1 is 0.500 bits per heavy atom. The Morgan fingerprint density at radius 2 is 0.795 bits per heavy atom. The van der Waals surface area contributed by atoms with E-state index in [1.54, 1.807) is 13.8 Å². The van der Waals surface area contributed by atoms with E-state index in [1.807, 2.05) is 140 Å². The maximum absolute atomic E-state index is 12.1. The molecule has 0 saturated carbocycles. The maximum Gasteiger partial charge on any atom is 0.224 e. The van der Waals surface area contributed by atoms with Gasteiger partial charge in [-0.25, -0.2) is 0 Å². The van der Waals surface area contributed by atoms with Crippen molar-refractivity contribution in [3.63, 3.8) is 0 Å². The molecule has 4 heteroatoms. The molecule has 0 aliphatic heterocycles. The van der Waals surface area contributed by atoms with E-state index in [1.165, 1.54) is 0 Å². The molecule has 2 aliphatic carbocycles. The average molecular weight is 593 g/mol. The van der Waals surface area contributed by atoms with Crippen LogP contribution in [0.1, 0.15) is 82.1 Å². The van der Waals surface area contributed by atoms with Crippen molar-refractivity contribution < 1.29 is 19.2 Å². The summed E-state index contributed by atoms with van der Waals surface area (Å²) in [6.07, 6.45) is 28.6. The SMILES string of the molecule is CC1=C(/C=C/C(C)=C/C=C/C(C)=C/C=C/C=C(C)/C=C/C=C(C)/C=C/C2=C(C)C(=O)C(=O)CC2(C)C)C(C)(C)CC(=O)C1=O. The molecule has 4 nitrogen and oxygen atoms in total. The molecule has 0 aromatic rings. The molecule has 0 radical (unpaired) electrons. The van der Waals surface area contributed by atoms with Gasteiger partial charge in [-0.1, -0.05) is 135 Å². The van der Waals surface area contributed by atoms with Crippen molar-refractivity contribution in [2.45, 2.75) is 82.1 Å². The van der Waals surface area contributed by atoms with Crippen molar-refractivity contribution in [3.05, 3.63) is 130 Å². The molecule has 0 saturated heterocycles. The largest absolute Gasteiger partial charge is 0.290 e. The van der Waals surface area contributed by atoms with Crippen LogP contribution in [0.3, 0.4) is 0 Å². The third-order valence-corrected chi connectivity index (χ3v) is 7.95. The highest BCUT2D eigenvalue weighted by Crippen LogP contribution is 2.39. The third-order valence-electron chi connectivity index (χ3n) is 7.95. The van der Waals surface area contributed by atoms with Gasteiger partial charge in [0.15, 0.2) is 0 Å². The molecule has 0 N–H and O–H groups in total. The molecule has 232 valence electrons. The van der Waals surface area contributed by atoms with E-state index in [0.717, 1.165) is 33.4 Å². The van der Waals surface area contributed by atoms with Crippen LogP contribution in [0.2, 0.25) is 0 Å². The molecule has 0 fully saturated rings. The highest BCUT2D eigenvalue weighted by molar-refractivity contribution is 6.45. The minimum absolute atomic E-state index is 0.246. The van der Waals surface area contributed by atoms with Crippen LogP contribution >= 0.6 is 0 Å². The van der Waals surface area contributed by atoms with E-state index < -0.39 is 0 Å². The van der Waals surface area contributed by atoms with Gasteiger partial charge in [-0.2, -0.15) is 0 Å². The lowest BCUT2D eigenvalue weighted by atomic mass is 9.71. The highest BCUT2D eigenvalue weighted by Gasteiger charge is 2.37. The maximum atomic E-state index is 12.1. The first kappa shape index (κ1) is 36.0. The second-order valence-electron chi connectivity index (χ2n) is 13.1. The average Bonchev–Trinajstić information content (AvgIpc) is 2.92. The van der Waals surface area contributed by atoms with Gasteiger partial charge in [0.05, 0.1) is 0 Å². The van der Waals surface area contributed by atoms with E-state index in [4.69, 9.17) is 0 Å². The summed E-state index contributed by atoms with van der Waals surface area (Å²) in [5.41, 5.74) is 6.55. The molecule has 0 heterocycles. The van der Waals surface area contributed by atoms with Gasteiger partial charge in [-0.05, 0) is 63.5 Å². The fraction of sp³-hybridized carbons (Fsp3) is 0.350. The number of carbonyl (C=O) groups is 4. The van der Waals surface area contributed by atoms with Crippen molar-refractivity contribution in [2.75, 3.05) is 0 Å². The summed E-state index contributed by atoms with van der Waals surface area (Å²) in [4.78, 5) is 48.1. The third kappa shape index (κ3) is 10.2. The lowest BCUT2D eigenvalue weighted by molar-refractivity contribution is -0.136. The van der Waals surface area contributed by atoms with Crippen LogP contribution in [0, 0.1) is 10.8 Å². The number of carbonyl (C=O) groups excluding carboxylic acids is 4.